The second kappa shape index (κ2) is 8.20. The molecule has 5 nitrogen and oxygen atoms in total. The van der Waals surface area contributed by atoms with Gasteiger partial charge in [-0.1, -0.05) is 40.2 Å². The average molecular weight is 477 g/mol. The van der Waals surface area contributed by atoms with Gasteiger partial charge in [-0.2, -0.15) is 4.31 Å². The van der Waals surface area contributed by atoms with Crippen LogP contribution in [-0.4, -0.2) is 31.7 Å². The summed E-state index contributed by atoms with van der Waals surface area (Å²) in [5, 5.41) is 3.19. The molecule has 1 aliphatic heterocycles. The van der Waals surface area contributed by atoms with E-state index >= 15 is 0 Å². The Kier molecular flexibility index (Phi) is 5.82. The number of rotatable bonds is 7. The molecule has 1 amide bonds. The third-order valence-electron chi connectivity index (χ3n) is 5.79. The highest BCUT2D eigenvalue weighted by Crippen LogP contribution is 2.45. The number of aryl methyl sites for hydroxylation is 1. The van der Waals surface area contributed by atoms with Crippen molar-refractivity contribution in [1.29, 1.82) is 0 Å². The maximum atomic E-state index is 12.6. The number of sulfonamides is 1. The molecule has 0 spiro atoms. The van der Waals surface area contributed by atoms with E-state index in [0.717, 1.165) is 41.3 Å². The van der Waals surface area contributed by atoms with E-state index < -0.39 is 10.0 Å². The number of benzene rings is 2. The molecule has 0 bridgehead atoms. The summed E-state index contributed by atoms with van der Waals surface area (Å²) in [6.45, 7) is 1.20. The second-order valence-electron chi connectivity index (χ2n) is 7.89. The Morgan fingerprint density at radius 3 is 2.21 bits per heavy atom. The molecule has 29 heavy (non-hydrogen) atoms. The van der Waals surface area contributed by atoms with Gasteiger partial charge in [0, 0.05) is 24.0 Å². The van der Waals surface area contributed by atoms with E-state index in [1.54, 1.807) is 16.4 Å². The van der Waals surface area contributed by atoms with E-state index in [-0.39, 0.29) is 11.4 Å². The van der Waals surface area contributed by atoms with Gasteiger partial charge in [-0.3, -0.25) is 4.79 Å². The summed E-state index contributed by atoms with van der Waals surface area (Å²) in [5.41, 5.74) is 1.89. The zero-order valence-corrected chi connectivity index (χ0v) is 18.6. The molecule has 7 heteroatoms. The van der Waals surface area contributed by atoms with Crippen LogP contribution < -0.4 is 5.32 Å². The molecule has 0 unspecified atom stereocenters. The lowest BCUT2D eigenvalue weighted by Gasteiger charge is -2.18. The molecule has 154 valence electrons. The van der Waals surface area contributed by atoms with E-state index in [4.69, 9.17) is 0 Å². The molecule has 0 atom stereocenters. The summed E-state index contributed by atoms with van der Waals surface area (Å²) in [7, 11) is -3.39. The van der Waals surface area contributed by atoms with Crippen molar-refractivity contribution in [3.63, 3.8) is 0 Å². The summed E-state index contributed by atoms with van der Waals surface area (Å²) in [6, 6.07) is 15.1. The Morgan fingerprint density at radius 1 is 1.00 bits per heavy atom. The van der Waals surface area contributed by atoms with Crippen molar-refractivity contribution in [2.75, 3.05) is 13.1 Å². The molecule has 2 fully saturated rings. The van der Waals surface area contributed by atoms with Gasteiger partial charge in [0.05, 0.1) is 10.4 Å². The van der Waals surface area contributed by atoms with Gasteiger partial charge in [0.25, 0.3) is 0 Å². The molecule has 1 N–H and O–H groups in total. The van der Waals surface area contributed by atoms with Crippen molar-refractivity contribution in [2.45, 2.75) is 49.0 Å². The summed E-state index contributed by atoms with van der Waals surface area (Å²) in [5.74, 6) is 0.0270. The smallest absolute Gasteiger partial charge is 0.243 e. The van der Waals surface area contributed by atoms with Crippen LogP contribution in [0, 0.1) is 0 Å². The van der Waals surface area contributed by atoms with Crippen LogP contribution in [0.3, 0.4) is 0 Å². The van der Waals surface area contributed by atoms with E-state index in [1.165, 1.54) is 0 Å². The molecule has 2 aliphatic rings. The SMILES string of the molecule is O=C(CCc1ccc(S(=O)(=O)N2CCCC2)cc1)NC1(c2ccc(Br)cc2)CC1. The Morgan fingerprint density at radius 2 is 1.62 bits per heavy atom. The van der Waals surface area contributed by atoms with E-state index in [1.807, 2.05) is 24.3 Å². The fourth-order valence-corrected chi connectivity index (χ4v) is 5.65. The molecule has 0 aromatic heterocycles. The fourth-order valence-electron chi connectivity index (χ4n) is 3.87. The van der Waals surface area contributed by atoms with Gasteiger partial charge < -0.3 is 5.32 Å². The highest BCUT2D eigenvalue weighted by molar-refractivity contribution is 9.10. The summed E-state index contributed by atoms with van der Waals surface area (Å²) >= 11 is 3.44. The minimum atomic E-state index is -3.39. The topological polar surface area (TPSA) is 66.5 Å². The van der Waals surface area contributed by atoms with Crippen LogP contribution >= 0.6 is 15.9 Å². The molecule has 4 rings (SSSR count). The van der Waals surface area contributed by atoms with Crippen molar-refractivity contribution >= 4 is 31.9 Å². The maximum absolute atomic E-state index is 12.6. The predicted octanol–water partition coefficient (Wildman–Crippen LogP) is 3.97. The maximum Gasteiger partial charge on any atom is 0.243 e. The number of halogens is 1. The molecule has 2 aromatic rings. The van der Waals surface area contributed by atoms with Gasteiger partial charge >= 0.3 is 0 Å². The highest BCUT2D eigenvalue weighted by Gasteiger charge is 2.45. The number of nitrogens with one attached hydrogen (secondary N) is 1. The fraction of sp³-hybridized carbons (Fsp3) is 0.409. The number of hydrogen-bond donors (Lipinski definition) is 1. The van der Waals surface area contributed by atoms with Crippen molar-refractivity contribution in [2.24, 2.45) is 0 Å². The molecule has 1 saturated carbocycles. The van der Waals surface area contributed by atoms with Crippen LogP contribution in [0.4, 0.5) is 0 Å². The predicted molar refractivity (Wildman–Crippen MR) is 116 cm³/mol. The van der Waals surface area contributed by atoms with E-state index in [2.05, 4.69) is 33.4 Å². The first-order valence-electron chi connectivity index (χ1n) is 10.1. The zero-order chi connectivity index (χ0) is 20.5. The number of hydrogen-bond acceptors (Lipinski definition) is 3. The molecular weight excluding hydrogens is 452 g/mol. The Labute approximate surface area is 180 Å². The van der Waals surface area contributed by atoms with Crippen LogP contribution in [-0.2, 0) is 26.8 Å². The molecule has 1 aliphatic carbocycles. The van der Waals surface area contributed by atoms with E-state index in [0.29, 0.717) is 30.8 Å². The van der Waals surface area contributed by atoms with Crippen LogP contribution in [0.15, 0.2) is 57.9 Å². The zero-order valence-electron chi connectivity index (χ0n) is 16.2. The summed E-state index contributed by atoms with van der Waals surface area (Å²) in [6.07, 6.45) is 4.75. The van der Waals surface area contributed by atoms with Gasteiger partial charge in [0.2, 0.25) is 15.9 Å². The molecule has 1 heterocycles. The van der Waals surface area contributed by atoms with Gasteiger partial charge in [-0.15, -0.1) is 0 Å². The van der Waals surface area contributed by atoms with Crippen molar-refractivity contribution in [1.82, 2.24) is 9.62 Å². The van der Waals surface area contributed by atoms with Crippen molar-refractivity contribution < 1.29 is 13.2 Å². The van der Waals surface area contributed by atoms with Crippen LogP contribution in [0.5, 0.6) is 0 Å². The third kappa shape index (κ3) is 4.57. The summed E-state index contributed by atoms with van der Waals surface area (Å²) in [4.78, 5) is 12.8. The lowest BCUT2D eigenvalue weighted by atomic mass is 10.0. The molecule has 2 aromatic carbocycles. The Hall–Kier alpha value is -1.70. The first-order valence-corrected chi connectivity index (χ1v) is 12.3. The van der Waals surface area contributed by atoms with Gasteiger partial charge in [-0.05, 0) is 67.5 Å². The monoisotopic (exact) mass is 476 g/mol. The minimum Gasteiger partial charge on any atom is -0.347 e. The minimum absolute atomic E-state index is 0.0270. The summed E-state index contributed by atoms with van der Waals surface area (Å²) < 4.78 is 27.8. The normalized spacial score (nSPS) is 18.5. The lowest BCUT2D eigenvalue weighted by molar-refractivity contribution is -0.122. The number of carbonyl (C=O) groups is 1. The Balaban J connectivity index is 1.33. The third-order valence-corrected chi connectivity index (χ3v) is 8.23. The standard InChI is InChI=1S/C22H25BrN2O3S/c23-19-8-6-18(7-9-19)22(13-14-22)24-21(26)12-5-17-3-10-20(11-4-17)29(27,28)25-15-1-2-16-25/h3-4,6-11H,1-2,5,12-16H2,(H,24,26). The molecule has 1 saturated heterocycles. The Bertz CT molecular complexity index is 978. The lowest BCUT2D eigenvalue weighted by Crippen LogP contribution is -2.34. The highest BCUT2D eigenvalue weighted by atomic mass is 79.9. The second-order valence-corrected chi connectivity index (χ2v) is 10.7. The van der Waals surface area contributed by atoms with E-state index in [9.17, 15) is 13.2 Å². The van der Waals surface area contributed by atoms with Gasteiger partial charge in [-0.25, -0.2) is 8.42 Å². The molecular formula is C22H25BrN2O3S. The number of carbonyl (C=O) groups excluding carboxylic acids is 1. The van der Waals surface area contributed by atoms with Crippen molar-refractivity contribution in [3.8, 4) is 0 Å². The van der Waals surface area contributed by atoms with Crippen LogP contribution in [0.2, 0.25) is 0 Å². The van der Waals surface area contributed by atoms with Gasteiger partial charge in [0.15, 0.2) is 0 Å². The quantitative estimate of drug-likeness (QED) is 0.657. The largest absolute Gasteiger partial charge is 0.347 e. The first kappa shape index (κ1) is 20.6. The number of amides is 1. The van der Waals surface area contributed by atoms with Crippen molar-refractivity contribution in [3.05, 3.63) is 64.1 Å². The average Bonchev–Trinajstić information content (AvgIpc) is 3.26. The van der Waals surface area contributed by atoms with Crippen LogP contribution in [0.25, 0.3) is 0 Å². The number of nitrogens with zero attached hydrogens (tertiary/aromatic N) is 1. The van der Waals surface area contributed by atoms with Crippen LogP contribution in [0.1, 0.15) is 43.2 Å². The molecule has 0 radical (unpaired) electrons. The van der Waals surface area contributed by atoms with Gasteiger partial charge in [0.1, 0.15) is 0 Å². The first-order chi connectivity index (χ1) is 13.9.